The maximum atomic E-state index is 13.1. The smallest absolute Gasteiger partial charge is 0.462 e. The minimum Gasteiger partial charge on any atom is -0.462 e. The molecule has 0 aromatic heterocycles. The molecule has 0 aromatic carbocycles. The molecule has 19 heteroatoms. The molecular formula is C86H168O17P2. The number of phosphoric acid groups is 2. The van der Waals surface area contributed by atoms with Gasteiger partial charge >= 0.3 is 39.5 Å². The number of hydrogen-bond donors (Lipinski definition) is 3. The minimum atomic E-state index is -4.97. The van der Waals surface area contributed by atoms with Crippen LogP contribution in [-0.2, 0) is 65.4 Å². The van der Waals surface area contributed by atoms with Gasteiger partial charge in [0.1, 0.15) is 19.3 Å². The Labute approximate surface area is 645 Å². The van der Waals surface area contributed by atoms with Crippen molar-refractivity contribution < 1.29 is 80.2 Å². The third kappa shape index (κ3) is 79.9. The number of esters is 4. The lowest BCUT2D eigenvalue weighted by molar-refractivity contribution is -0.161. The third-order valence-corrected chi connectivity index (χ3v) is 22.0. The van der Waals surface area contributed by atoms with Crippen LogP contribution in [0.25, 0.3) is 0 Å². The van der Waals surface area contributed by atoms with Crippen molar-refractivity contribution in [1.82, 2.24) is 0 Å². The fourth-order valence-corrected chi connectivity index (χ4v) is 14.9. The van der Waals surface area contributed by atoms with E-state index in [0.717, 1.165) is 108 Å². The number of carbonyl (C=O) groups is 4. The SMILES string of the molecule is CCCCCCCCCCCCCCCCCCCCCCC(=O)OC[C@H](COP(=O)(O)OC[C@@H](O)COP(=O)(O)OC[C@@H](COC(=O)CCCCCCCCCCCC(C)C)OC(=O)CCCCCCCCCCCC(C)C)OC(=O)CCCCCCCCCCCCCCCCCCCCC(C)C. The number of aliphatic hydroxyl groups excluding tert-OH is 1. The molecule has 0 saturated heterocycles. The topological polar surface area (TPSA) is 237 Å². The van der Waals surface area contributed by atoms with Crippen LogP contribution in [0.3, 0.4) is 0 Å². The molecule has 0 aliphatic heterocycles. The van der Waals surface area contributed by atoms with Crippen molar-refractivity contribution in [3.05, 3.63) is 0 Å². The lowest BCUT2D eigenvalue weighted by Crippen LogP contribution is -2.30. The highest BCUT2D eigenvalue weighted by molar-refractivity contribution is 7.47. The summed E-state index contributed by atoms with van der Waals surface area (Å²) < 4.78 is 68.9. The number of phosphoric ester groups is 2. The van der Waals surface area contributed by atoms with Gasteiger partial charge in [-0.1, -0.05) is 402 Å². The van der Waals surface area contributed by atoms with Crippen LogP contribution in [0.2, 0.25) is 0 Å². The molecule has 2 unspecified atom stereocenters. The van der Waals surface area contributed by atoms with Gasteiger partial charge in [-0.25, -0.2) is 9.13 Å². The quantitative estimate of drug-likeness (QED) is 0.0222. The summed E-state index contributed by atoms with van der Waals surface area (Å²) in [6, 6.07) is 0. The Morgan fingerprint density at radius 3 is 0.648 bits per heavy atom. The Morgan fingerprint density at radius 1 is 0.257 bits per heavy atom. The van der Waals surface area contributed by atoms with Crippen LogP contribution < -0.4 is 0 Å². The summed E-state index contributed by atoms with van der Waals surface area (Å²) in [5, 5.41) is 10.7. The Bertz CT molecular complexity index is 2030. The number of rotatable bonds is 84. The maximum Gasteiger partial charge on any atom is 0.472 e. The van der Waals surface area contributed by atoms with Crippen molar-refractivity contribution in [2.45, 2.75) is 471 Å². The van der Waals surface area contributed by atoms with Gasteiger partial charge in [0.15, 0.2) is 12.2 Å². The lowest BCUT2D eigenvalue weighted by Gasteiger charge is -2.21. The largest absolute Gasteiger partial charge is 0.472 e. The monoisotopic (exact) mass is 1540 g/mol. The van der Waals surface area contributed by atoms with Gasteiger partial charge in [0, 0.05) is 25.7 Å². The van der Waals surface area contributed by atoms with Crippen molar-refractivity contribution in [2.75, 3.05) is 39.6 Å². The summed E-state index contributed by atoms with van der Waals surface area (Å²) in [5.74, 6) is 0.194. The number of aliphatic hydroxyl groups is 1. The average molecular weight is 1540 g/mol. The van der Waals surface area contributed by atoms with Crippen molar-refractivity contribution in [3.63, 3.8) is 0 Å². The van der Waals surface area contributed by atoms with Crippen molar-refractivity contribution >= 4 is 39.5 Å². The molecule has 0 aromatic rings. The van der Waals surface area contributed by atoms with E-state index in [1.165, 1.54) is 263 Å². The number of hydrogen-bond acceptors (Lipinski definition) is 15. The molecule has 0 radical (unpaired) electrons. The van der Waals surface area contributed by atoms with Gasteiger partial charge in [-0.2, -0.15) is 0 Å². The Morgan fingerprint density at radius 2 is 0.438 bits per heavy atom. The summed E-state index contributed by atoms with van der Waals surface area (Å²) in [6.07, 6.45) is 66.8. The average Bonchev–Trinajstić information content (AvgIpc) is 0.927. The molecule has 0 amide bonds. The molecule has 0 aliphatic rings. The van der Waals surface area contributed by atoms with Crippen molar-refractivity contribution in [2.24, 2.45) is 17.8 Å². The predicted molar refractivity (Wildman–Crippen MR) is 432 cm³/mol. The van der Waals surface area contributed by atoms with E-state index >= 15 is 0 Å². The predicted octanol–water partition coefficient (Wildman–Crippen LogP) is 26.1. The Hall–Kier alpha value is -1.94. The first-order chi connectivity index (χ1) is 50.7. The van der Waals surface area contributed by atoms with Crippen LogP contribution in [-0.4, -0.2) is 96.7 Å². The second-order valence-corrected chi connectivity index (χ2v) is 35.3. The molecule has 624 valence electrons. The van der Waals surface area contributed by atoms with E-state index in [1.807, 2.05) is 0 Å². The van der Waals surface area contributed by atoms with Gasteiger partial charge in [0.25, 0.3) is 0 Å². The summed E-state index contributed by atoms with van der Waals surface area (Å²) >= 11 is 0. The van der Waals surface area contributed by atoms with Gasteiger partial charge in [0.2, 0.25) is 0 Å². The zero-order valence-electron chi connectivity index (χ0n) is 69.2. The van der Waals surface area contributed by atoms with Gasteiger partial charge in [-0.05, 0) is 43.4 Å². The highest BCUT2D eigenvalue weighted by atomic mass is 31.2. The molecule has 0 heterocycles. The standard InChI is InChI=1S/C86H168O17P2/c1-8-9-10-11-12-13-14-15-16-17-18-19-23-26-29-32-39-46-53-60-67-83(88)96-73-81(102-85(90)69-62-55-48-40-33-30-27-24-21-20-22-25-28-31-36-43-50-57-64-77(2)3)75-100-104(92,93)98-71-80(87)72-99-105(94,95)101-76-82(103-86(91)70-63-56-49-42-35-38-45-52-59-66-79(6)7)74-97-84(89)68-61-54-47-41-34-37-44-51-58-65-78(4)5/h77-82,87H,8-76H2,1-7H3,(H,92,93)(H,94,95)/t80-,81-,82-/m1/s1. The lowest BCUT2D eigenvalue weighted by atomic mass is 10.0. The molecule has 0 saturated carbocycles. The van der Waals surface area contributed by atoms with Gasteiger partial charge < -0.3 is 33.8 Å². The molecule has 0 aliphatic carbocycles. The van der Waals surface area contributed by atoms with Crippen LogP contribution >= 0.6 is 15.6 Å². The van der Waals surface area contributed by atoms with Crippen LogP contribution in [0.15, 0.2) is 0 Å². The Balaban J connectivity index is 5.22. The maximum absolute atomic E-state index is 13.1. The van der Waals surface area contributed by atoms with Crippen molar-refractivity contribution in [1.29, 1.82) is 0 Å². The van der Waals surface area contributed by atoms with E-state index in [2.05, 4.69) is 48.5 Å². The first-order valence-electron chi connectivity index (χ1n) is 44.3. The molecule has 3 N–H and O–H groups in total. The zero-order chi connectivity index (χ0) is 77.2. The van der Waals surface area contributed by atoms with Crippen molar-refractivity contribution in [3.8, 4) is 0 Å². The summed E-state index contributed by atoms with van der Waals surface area (Å²) in [7, 11) is -9.93. The van der Waals surface area contributed by atoms with Crippen LogP contribution in [0.1, 0.15) is 453 Å². The normalized spacial score (nSPS) is 13.9. The first kappa shape index (κ1) is 103. The number of carbonyl (C=O) groups excluding carboxylic acids is 4. The number of ether oxygens (including phenoxy) is 4. The molecule has 105 heavy (non-hydrogen) atoms. The first-order valence-corrected chi connectivity index (χ1v) is 47.3. The fourth-order valence-electron chi connectivity index (χ4n) is 13.4. The minimum absolute atomic E-state index is 0.105. The van der Waals surface area contributed by atoms with E-state index in [4.69, 9.17) is 37.0 Å². The molecule has 0 spiro atoms. The molecular weight excluding hydrogens is 1370 g/mol. The summed E-state index contributed by atoms with van der Waals surface area (Å²) in [6.45, 7) is 12.0. The van der Waals surface area contributed by atoms with Crippen LogP contribution in [0.4, 0.5) is 0 Å². The van der Waals surface area contributed by atoms with E-state index in [1.54, 1.807) is 0 Å². The van der Waals surface area contributed by atoms with E-state index in [9.17, 15) is 43.2 Å². The molecule has 0 bridgehead atoms. The second kappa shape index (κ2) is 76.1. The molecule has 0 fully saturated rings. The Kier molecular flexibility index (Phi) is 74.7. The van der Waals surface area contributed by atoms with E-state index < -0.39 is 97.5 Å². The van der Waals surface area contributed by atoms with Crippen LogP contribution in [0.5, 0.6) is 0 Å². The van der Waals surface area contributed by atoms with E-state index in [0.29, 0.717) is 25.7 Å². The highest BCUT2D eigenvalue weighted by Gasteiger charge is 2.30. The highest BCUT2D eigenvalue weighted by Crippen LogP contribution is 2.45. The summed E-state index contributed by atoms with van der Waals surface area (Å²) in [4.78, 5) is 73.2. The summed E-state index contributed by atoms with van der Waals surface area (Å²) in [5.41, 5.74) is 0. The zero-order valence-corrected chi connectivity index (χ0v) is 71.0. The molecule has 5 atom stereocenters. The van der Waals surface area contributed by atoms with Crippen LogP contribution in [0, 0.1) is 17.8 Å². The second-order valence-electron chi connectivity index (χ2n) is 32.4. The number of unbranched alkanes of at least 4 members (excludes halogenated alkanes) is 52. The third-order valence-electron chi connectivity index (χ3n) is 20.1. The van der Waals surface area contributed by atoms with Gasteiger partial charge in [0.05, 0.1) is 26.4 Å². The fraction of sp³-hybridized carbons (Fsp3) is 0.953. The molecule has 0 rings (SSSR count). The molecule has 17 nitrogen and oxygen atoms in total. The van der Waals surface area contributed by atoms with Gasteiger partial charge in [-0.3, -0.25) is 37.3 Å². The van der Waals surface area contributed by atoms with Gasteiger partial charge in [-0.15, -0.1) is 0 Å². The van der Waals surface area contributed by atoms with E-state index in [-0.39, 0.29) is 25.7 Å².